The van der Waals surface area contributed by atoms with Crippen LogP contribution in [0.25, 0.3) is 16.7 Å². The summed E-state index contributed by atoms with van der Waals surface area (Å²) in [5.41, 5.74) is 2.90. The summed E-state index contributed by atoms with van der Waals surface area (Å²) < 4.78 is 1.70. The Balaban J connectivity index is 1.41. The first-order chi connectivity index (χ1) is 15.7. The average molecular weight is 437 g/mol. The molecule has 0 fully saturated rings. The SMILES string of the molecule is Cc1c(C(=O)Nc2ccccc2Sc2ccccc2)cnn1-c1ccc2ccccc2n1. The zero-order valence-corrected chi connectivity index (χ0v) is 18.2. The molecular formula is C26H20N4OS. The van der Waals surface area contributed by atoms with Gasteiger partial charge in [0, 0.05) is 15.2 Å². The molecule has 0 saturated heterocycles. The summed E-state index contributed by atoms with van der Waals surface area (Å²) in [6, 6.07) is 29.7. The molecule has 0 bridgehead atoms. The van der Waals surface area contributed by atoms with E-state index in [2.05, 4.69) is 15.4 Å². The highest BCUT2D eigenvalue weighted by molar-refractivity contribution is 7.99. The Hall–Kier alpha value is -3.90. The average Bonchev–Trinajstić information content (AvgIpc) is 3.22. The van der Waals surface area contributed by atoms with Gasteiger partial charge in [-0.2, -0.15) is 5.10 Å². The van der Waals surface area contributed by atoms with Gasteiger partial charge in [-0.15, -0.1) is 0 Å². The Labute approximate surface area is 190 Å². The molecule has 5 rings (SSSR count). The molecule has 0 atom stereocenters. The normalized spacial score (nSPS) is 10.9. The summed E-state index contributed by atoms with van der Waals surface area (Å²) >= 11 is 1.61. The Bertz CT molecular complexity index is 1410. The third-order valence-corrected chi connectivity index (χ3v) is 6.25. The Morgan fingerprint density at radius 1 is 0.875 bits per heavy atom. The number of rotatable bonds is 5. The van der Waals surface area contributed by atoms with Gasteiger partial charge < -0.3 is 5.32 Å². The number of benzene rings is 3. The third kappa shape index (κ3) is 4.00. The summed E-state index contributed by atoms with van der Waals surface area (Å²) in [7, 11) is 0. The van der Waals surface area contributed by atoms with Crippen LogP contribution in [0.15, 0.2) is 107 Å². The molecule has 0 spiro atoms. The lowest BCUT2D eigenvalue weighted by atomic mass is 10.2. The number of hydrogen-bond donors (Lipinski definition) is 1. The fourth-order valence-electron chi connectivity index (χ4n) is 3.50. The van der Waals surface area contributed by atoms with Crippen molar-refractivity contribution in [3.8, 4) is 5.82 Å². The predicted molar refractivity (Wildman–Crippen MR) is 129 cm³/mol. The van der Waals surface area contributed by atoms with Gasteiger partial charge in [-0.1, -0.05) is 60.3 Å². The van der Waals surface area contributed by atoms with E-state index in [1.165, 1.54) is 0 Å². The van der Waals surface area contributed by atoms with Crippen molar-refractivity contribution in [2.24, 2.45) is 0 Å². The highest BCUT2D eigenvalue weighted by Crippen LogP contribution is 2.33. The zero-order valence-electron chi connectivity index (χ0n) is 17.4. The number of fused-ring (bicyclic) bond motifs is 1. The second-order valence-corrected chi connectivity index (χ2v) is 8.40. The van der Waals surface area contributed by atoms with E-state index >= 15 is 0 Å². The molecule has 3 aromatic carbocycles. The molecule has 0 aliphatic heterocycles. The number of hydrogen-bond acceptors (Lipinski definition) is 4. The van der Waals surface area contributed by atoms with Crippen LogP contribution in [0.5, 0.6) is 0 Å². The van der Waals surface area contributed by atoms with Crippen LogP contribution in [0.2, 0.25) is 0 Å². The van der Waals surface area contributed by atoms with Crippen molar-refractivity contribution in [2.45, 2.75) is 16.7 Å². The standard InChI is InChI=1S/C26H20N4OS/c1-18-21(17-27-30(18)25-16-15-19-9-5-6-12-22(19)28-25)26(31)29-23-13-7-8-14-24(23)32-20-10-3-2-4-11-20/h2-17H,1H3,(H,29,31). The number of amides is 1. The van der Waals surface area contributed by atoms with E-state index in [0.717, 1.165) is 32.1 Å². The first-order valence-corrected chi connectivity index (χ1v) is 11.0. The Kier molecular flexibility index (Phi) is 5.44. The van der Waals surface area contributed by atoms with Crippen LogP contribution in [0, 0.1) is 6.92 Å². The minimum absolute atomic E-state index is 0.198. The first-order valence-electron chi connectivity index (χ1n) is 10.2. The second-order valence-electron chi connectivity index (χ2n) is 7.28. The van der Waals surface area contributed by atoms with Crippen molar-refractivity contribution in [3.63, 3.8) is 0 Å². The fourth-order valence-corrected chi connectivity index (χ4v) is 4.42. The number of aromatic nitrogens is 3. The smallest absolute Gasteiger partial charge is 0.259 e. The first kappa shape index (κ1) is 20.0. The summed E-state index contributed by atoms with van der Waals surface area (Å²) in [6.07, 6.45) is 1.59. The highest BCUT2D eigenvalue weighted by atomic mass is 32.2. The molecule has 1 N–H and O–H groups in total. The molecule has 1 amide bonds. The molecule has 32 heavy (non-hydrogen) atoms. The number of anilines is 1. The van der Waals surface area contributed by atoms with E-state index in [1.807, 2.05) is 97.9 Å². The molecule has 0 unspecified atom stereocenters. The van der Waals surface area contributed by atoms with Gasteiger partial charge in [0.25, 0.3) is 5.91 Å². The molecule has 0 radical (unpaired) electrons. The van der Waals surface area contributed by atoms with Gasteiger partial charge in [0.05, 0.1) is 28.7 Å². The van der Waals surface area contributed by atoms with Crippen LogP contribution in [0.4, 0.5) is 5.69 Å². The summed E-state index contributed by atoms with van der Waals surface area (Å²) in [4.78, 5) is 19.9. The molecular weight excluding hydrogens is 416 g/mol. The lowest BCUT2D eigenvalue weighted by Crippen LogP contribution is -2.14. The minimum Gasteiger partial charge on any atom is -0.321 e. The van der Waals surface area contributed by atoms with E-state index in [9.17, 15) is 4.79 Å². The third-order valence-electron chi connectivity index (χ3n) is 5.16. The number of carbonyl (C=O) groups excluding carboxylic acids is 1. The van der Waals surface area contributed by atoms with Crippen LogP contribution in [0.1, 0.15) is 16.1 Å². The lowest BCUT2D eigenvalue weighted by molar-refractivity contribution is 0.102. The monoisotopic (exact) mass is 436 g/mol. The van der Waals surface area contributed by atoms with Gasteiger partial charge in [-0.3, -0.25) is 4.79 Å². The zero-order chi connectivity index (χ0) is 21.9. The van der Waals surface area contributed by atoms with Crippen LogP contribution >= 0.6 is 11.8 Å². The maximum Gasteiger partial charge on any atom is 0.259 e. The van der Waals surface area contributed by atoms with Crippen molar-refractivity contribution in [3.05, 3.63) is 108 Å². The molecule has 2 aromatic heterocycles. The molecule has 0 aliphatic carbocycles. The predicted octanol–water partition coefficient (Wildman–Crippen LogP) is 6.13. The summed E-state index contributed by atoms with van der Waals surface area (Å²) in [5, 5.41) is 8.54. The maximum absolute atomic E-state index is 13.1. The van der Waals surface area contributed by atoms with Gasteiger partial charge in [0.2, 0.25) is 0 Å². The van der Waals surface area contributed by atoms with Crippen molar-refractivity contribution >= 4 is 34.3 Å². The summed E-state index contributed by atoms with van der Waals surface area (Å²) in [5.74, 6) is 0.482. The molecule has 6 heteroatoms. The van der Waals surface area contributed by atoms with E-state index in [0.29, 0.717) is 11.4 Å². The van der Waals surface area contributed by atoms with Crippen molar-refractivity contribution in [1.82, 2.24) is 14.8 Å². The quantitative estimate of drug-likeness (QED) is 0.360. The molecule has 0 saturated carbocycles. The van der Waals surface area contributed by atoms with Crippen molar-refractivity contribution < 1.29 is 4.79 Å². The van der Waals surface area contributed by atoms with Gasteiger partial charge in [-0.25, -0.2) is 9.67 Å². The second kappa shape index (κ2) is 8.69. The van der Waals surface area contributed by atoms with Crippen molar-refractivity contribution in [2.75, 3.05) is 5.32 Å². The van der Waals surface area contributed by atoms with Gasteiger partial charge in [0.1, 0.15) is 0 Å². The number of para-hydroxylation sites is 2. The van der Waals surface area contributed by atoms with Crippen LogP contribution in [0.3, 0.4) is 0 Å². The molecule has 156 valence electrons. The van der Waals surface area contributed by atoms with E-state index in [4.69, 9.17) is 0 Å². The van der Waals surface area contributed by atoms with Crippen LogP contribution in [-0.2, 0) is 0 Å². The topological polar surface area (TPSA) is 59.8 Å². The van der Waals surface area contributed by atoms with E-state index in [1.54, 1.807) is 22.6 Å². The van der Waals surface area contributed by atoms with Crippen molar-refractivity contribution in [1.29, 1.82) is 0 Å². The Morgan fingerprint density at radius 2 is 1.62 bits per heavy atom. The van der Waals surface area contributed by atoms with E-state index < -0.39 is 0 Å². The molecule has 5 nitrogen and oxygen atoms in total. The number of nitrogens with one attached hydrogen (secondary N) is 1. The molecule has 5 aromatic rings. The van der Waals surface area contributed by atoms with Gasteiger partial charge in [0.15, 0.2) is 5.82 Å². The fraction of sp³-hybridized carbons (Fsp3) is 0.0385. The van der Waals surface area contributed by atoms with Crippen LogP contribution < -0.4 is 5.32 Å². The van der Waals surface area contributed by atoms with E-state index in [-0.39, 0.29) is 5.91 Å². The number of nitrogens with zero attached hydrogens (tertiary/aromatic N) is 3. The Morgan fingerprint density at radius 3 is 2.50 bits per heavy atom. The molecule has 2 heterocycles. The minimum atomic E-state index is -0.198. The highest BCUT2D eigenvalue weighted by Gasteiger charge is 2.17. The van der Waals surface area contributed by atoms with Gasteiger partial charge in [-0.05, 0) is 49.4 Å². The lowest BCUT2D eigenvalue weighted by Gasteiger charge is -2.11. The van der Waals surface area contributed by atoms with Crippen LogP contribution in [-0.4, -0.2) is 20.7 Å². The number of pyridine rings is 1. The molecule has 0 aliphatic rings. The van der Waals surface area contributed by atoms with Gasteiger partial charge >= 0.3 is 0 Å². The largest absolute Gasteiger partial charge is 0.321 e. The maximum atomic E-state index is 13.1. The number of carbonyl (C=O) groups is 1. The summed E-state index contributed by atoms with van der Waals surface area (Å²) in [6.45, 7) is 1.88.